The number of aromatic nitrogens is 1. The standard InChI is InChI=1S/C26H37N5O2/c1-4-24(27)30-26(32)20-15-18-14-17(2)10-11-21(18)29-25(20)31-13-12-22(23(16-31)33-3)28-19-8-6-5-7-9-19/h10-11,14-15,19,22-23,28H,4-9,12-13,16H2,1-3H3,(H2,27,30,32)/t22-,23-/m1/s1. The molecule has 2 aliphatic rings. The first-order chi connectivity index (χ1) is 16.0. The van der Waals surface area contributed by atoms with Crippen LogP contribution in [0, 0.1) is 6.92 Å². The number of nitrogens with two attached hydrogens (primary N) is 1. The van der Waals surface area contributed by atoms with Gasteiger partial charge in [0.25, 0.3) is 5.91 Å². The summed E-state index contributed by atoms with van der Waals surface area (Å²) in [6, 6.07) is 8.91. The average Bonchev–Trinajstić information content (AvgIpc) is 2.84. The maximum atomic E-state index is 13.1. The SMILES string of the molecule is CCC(N)=NC(=O)c1cc2cc(C)ccc2nc1N1CC[C@@H](NC2CCCCC2)[C@H](OC)C1. The molecule has 2 fully saturated rings. The molecule has 0 bridgehead atoms. The molecular weight excluding hydrogens is 414 g/mol. The molecule has 0 unspecified atom stereocenters. The van der Waals surface area contributed by atoms with E-state index in [0.29, 0.717) is 42.3 Å². The lowest BCUT2D eigenvalue weighted by Crippen LogP contribution is -2.56. The lowest BCUT2D eigenvalue weighted by molar-refractivity contribution is 0.0533. The minimum Gasteiger partial charge on any atom is -0.387 e. The number of carbonyl (C=O) groups is 1. The Labute approximate surface area is 196 Å². The summed E-state index contributed by atoms with van der Waals surface area (Å²) in [5, 5.41) is 4.80. The van der Waals surface area contributed by atoms with Gasteiger partial charge in [0.05, 0.1) is 17.2 Å². The number of aliphatic imine (C=N–C) groups is 1. The number of anilines is 1. The molecule has 2 atom stereocenters. The molecule has 2 heterocycles. The van der Waals surface area contributed by atoms with Gasteiger partial charge >= 0.3 is 0 Å². The van der Waals surface area contributed by atoms with E-state index >= 15 is 0 Å². The summed E-state index contributed by atoms with van der Waals surface area (Å²) in [5.74, 6) is 0.666. The number of fused-ring (bicyclic) bond motifs is 1. The van der Waals surface area contributed by atoms with E-state index in [1.54, 1.807) is 7.11 Å². The van der Waals surface area contributed by atoms with Crippen LogP contribution in [-0.2, 0) is 4.74 Å². The summed E-state index contributed by atoms with van der Waals surface area (Å²) in [6.45, 7) is 5.41. The van der Waals surface area contributed by atoms with E-state index < -0.39 is 0 Å². The zero-order chi connectivity index (χ0) is 23.4. The van der Waals surface area contributed by atoms with Gasteiger partial charge in [-0.15, -0.1) is 0 Å². The number of rotatable bonds is 6. The number of amides is 1. The first-order valence-corrected chi connectivity index (χ1v) is 12.3. The Morgan fingerprint density at radius 3 is 2.76 bits per heavy atom. The fraction of sp³-hybridized carbons (Fsp3) is 0.577. The van der Waals surface area contributed by atoms with Crippen LogP contribution in [0.2, 0.25) is 0 Å². The Hall–Kier alpha value is -2.51. The molecule has 4 rings (SSSR count). The minimum absolute atomic E-state index is 0.0309. The topological polar surface area (TPSA) is 92.8 Å². The van der Waals surface area contributed by atoms with Crippen molar-refractivity contribution in [2.45, 2.75) is 77.0 Å². The minimum atomic E-state index is -0.336. The van der Waals surface area contributed by atoms with Gasteiger partial charge in [-0.25, -0.2) is 4.98 Å². The number of pyridine rings is 1. The van der Waals surface area contributed by atoms with E-state index in [4.69, 9.17) is 15.5 Å². The number of hydrogen-bond acceptors (Lipinski definition) is 5. The molecule has 1 saturated heterocycles. The molecule has 1 saturated carbocycles. The number of methoxy groups -OCH3 is 1. The van der Waals surface area contributed by atoms with Crippen LogP contribution in [-0.4, -0.2) is 55.1 Å². The van der Waals surface area contributed by atoms with Crippen LogP contribution in [0.25, 0.3) is 10.9 Å². The van der Waals surface area contributed by atoms with Gasteiger partial charge in [-0.2, -0.15) is 4.99 Å². The van der Waals surface area contributed by atoms with E-state index in [0.717, 1.165) is 29.4 Å². The van der Waals surface area contributed by atoms with Crippen molar-refractivity contribution in [2.75, 3.05) is 25.1 Å². The first-order valence-electron chi connectivity index (χ1n) is 12.3. The summed E-state index contributed by atoms with van der Waals surface area (Å²) < 4.78 is 5.92. The van der Waals surface area contributed by atoms with Crippen LogP contribution >= 0.6 is 0 Å². The molecule has 7 nitrogen and oxygen atoms in total. The number of amidine groups is 1. The van der Waals surface area contributed by atoms with Crippen molar-refractivity contribution in [3.8, 4) is 0 Å². The summed E-state index contributed by atoms with van der Waals surface area (Å²) in [4.78, 5) is 24.3. The molecule has 7 heteroatoms. The molecule has 2 aromatic rings. The molecule has 178 valence electrons. The molecule has 1 aromatic heterocycles. The maximum Gasteiger partial charge on any atom is 0.282 e. The number of carbonyl (C=O) groups excluding carboxylic acids is 1. The third-order valence-electron chi connectivity index (χ3n) is 7.00. The Morgan fingerprint density at radius 1 is 1.24 bits per heavy atom. The quantitative estimate of drug-likeness (QED) is 0.510. The van der Waals surface area contributed by atoms with Gasteiger partial charge < -0.3 is 20.7 Å². The lowest BCUT2D eigenvalue weighted by Gasteiger charge is -2.41. The number of aryl methyl sites for hydroxylation is 1. The largest absolute Gasteiger partial charge is 0.387 e. The lowest BCUT2D eigenvalue weighted by atomic mass is 9.92. The number of benzene rings is 1. The molecule has 1 aliphatic carbocycles. The summed E-state index contributed by atoms with van der Waals surface area (Å²) >= 11 is 0. The second kappa shape index (κ2) is 10.6. The number of hydrogen-bond donors (Lipinski definition) is 2. The van der Waals surface area contributed by atoms with Crippen LogP contribution in [0.15, 0.2) is 29.3 Å². The zero-order valence-corrected chi connectivity index (χ0v) is 20.1. The highest BCUT2D eigenvalue weighted by atomic mass is 16.5. The predicted octanol–water partition coefficient (Wildman–Crippen LogP) is 3.97. The van der Waals surface area contributed by atoms with Crippen LogP contribution < -0.4 is 16.0 Å². The number of nitrogens with zero attached hydrogens (tertiary/aromatic N) is 3. The number of piperidine rings is 1. The third kappa shape index (κ3) is 5.53. The van der Waals surface area contributed by atoms with E-state index in [-0.39, 0.29) is 12.0 Å². The van der Waals surface area contributed by atoms with Gasteiger partial charge in [-0.05, 0) is 44.4 Å². The third-order valence-corrected chi connectivity index (χ3v) is 7.00. The monoisotopic (exact) mass is 451 g/mol. The Balaban J connectivity index is 1.62. The van der Waals surface area contributed by atoms with Gasteiger partial charge in [0, 0.05) is 44.1 Å². The highest BCUT2D eigenvalue weighted by Crippen LogP contribution is 2.29. The van der Waals surface area contributed by atoms with E-state index in [9.17, 15) is 4.79 Å². The number of nitrogens with one attached hydrogen (secondary N) is 1. The molecule has 1 aromatic carbocycles. The van der Waals surface area contributed by atoms with Gasteiger partial charge in [-0.1, -0.05) is 37.8 Å². The van der Waals surface area contributed by atoms with Crippen molar-refractivity contribution in [1.82, 2.24) is 10.3 Å². The molecule has 3 N–H and O–H groups in total. The first kappa shape index (κ1) is 23.6. The van der Waals surface area contributed by atoms with Crippen LogP contribution in [0.5, 0.6) is 0 Å². The van der Waals surface area contributed by atoms with Crippen molar-refractivity contribution in [3.05, 3.63) is 35.4 Å². The van der Waals surface area contributed by atoms with Crippen molar-refractivity contribution in [1.29, 1.82) is 0 Å². The molecule has 1 amide bonds. The van der Waals surface area contributed by atoms with Crippen molar-refractivity contribution < 1.29 is 9.53 Å². The highest BCUT2D eigenvalue weighted by Gasteiger charge is 2.33. The maximum absolute atomic E-state index is 13.1. The smallest absolute Gasteiger partial charge is 0.282 e. The summed E-state index contributed by atoms with van der Waals surface area (Å²) in [7, 11) is 1.78. The Bertz CT molecular complexity index is 1020. The molecule has 0 spiro atoms. The highest BCUT2D eigenvalue weighted by molar-refractivity contribution is 6.07. The van der Waals surface area contributed by atoms with E-state index in [1.165, 1.54) is 32.1 Å². The second-order valence-corrected chi connectivity index (χ2v) is 9.43. The summed E-state index contributed by atoms with van der Waals surface area (Å²) in [5.41, 5.74) is 8.39. The normalized spacial score (nSPS) is 22.6. The van der Waals surface area contributed by atoms with Gasteiger partial charge in [-0.3, -0.25) is 4.79 Å². The molecule has 1 aliphatic heterocycles. The molecule has 0 radical (unpaired) electrons. The fourth-order valence-corrected chi connectivity index (χ4v) is 5.06. The van der Waals surface area contributed by atoms with E-state index in [1.807, 2.05) is 38.1 Å². The molecular formula is C26H37N5O2. The Kier molecular flexibility index (Phi) is 7.60. The summed E-state index contributed by atoms with van der Waals surface area (Å²) in [6.07, 6.45) is 7.96. The number of ether oxygens (including phenoxy) is 1. The van der Waals surface area contributed by atoms with Gasteiger partial charge in [0.15, 0.2) is 0 Å². The van der Waals surface area contributed by atoms with Crippen molar-refractivity contribution in [2.24, 2.45) is 10.7 Å². The van der Waals surface area contributed by atoms with E-state index in [2.05, 4.69) is 15.2 Å². The second-order valence-electron chi connectivity index (χ2n) is 9.43. The van der Waals surface area contributed by atoms with Crippen LogP contribution in [0.1, 0.15) is 67.8 Å². The van der Waals surface area contributed by atoms with Crippen molar-refractivity contribution in [3.63, 3.8) is 0 Å². The predicted molar refractivity (Wildman–Crippen MR) is 134 cm³/mol. The van der Waals surface area contributed by atoms with Gasteiger partial charge in [0.2, 0.25) is 0 Å². The van der Waals surface area contributed by atoms with Gasteiger partial charge in [0.1, 0.15) is 11.7 Å². The Morgan fingerprint density at radius 2 is 2.03 bits per heavy atom. The van der Waals surface area contributed by atoms with Crippen molar-refractivity contribution >= 4 is 28.5 Å². The zero-order valence-electron chi connectivity index (χ0n) is 20.1. The fourth-order valence-electron chi connectivity index (χ4n) is 5.06. The average molecular weight is 452 g/mol. The van der Waals surface area contributed by atoms with Crippen LogP contribution in [0.3, 0.4) is 0 Å². The molecule has 33 heavy (non-hydrogen) atoms. The van der Waals surface area contributed by atoms with Crippen LogP contribution in [0.4, 0.5) is 5.82 Å².